The highest BCUT2D eigenvalue weighted by Gasteiger charge is 2.40. The van der Waals surface area contributed by atoms with Gasteiger partial charge in [-0.2, -0.15) is 0 Å². The van der Waals surface area contributed by atoms with Gasteiger partial charge in [-0.05, 0) is 42.5 Å². The van der Waals surface area contributed by atoms with Crippen LogP contribution >= 0.6 is 0 Å². The molecule has 1 aliphatic heterocycles. The van der Waals surface area contributed by atoms with Crippen molar-refractivity contribution in [2.24, 2.45) is 5.92 Å². The molecule has 1 N–H and O–H groups in total. The Balaban J connectivity index is 2.32. The summed E-state index contributed by atoms with van der Waals surface area (Å²) in [5, 5.41) is 3.49. The third-order valence-electron chi connectivity index (χ3n) is 4.06. The predicted octanol–water partition coefficient (Wildman–Crippen LogP) is 2.87. The molecule has 1 heterocycles. The van der Waals surface area contributed by atoms with Crippen LogP contribution in [-0.4, -0.2) is 30.5 Å². The van der Waals surface area contributed by atoms with Gasteiger partial charge in [-0.25, -0.2) is 0 Å². The third kappa shape index (κ3) is 3.05. The molecule has 1 saturated heterocycles. The molecular formula is C17H26N2O2. The topological polar surface area (TPSA) is 41.6 Å². The molecule has 2 rings (SSSR count). The number of ether oxygens (including phenoxy) is 1. The van der Waals surface area contributed by atoms with Gasteiger partial charge in [0.25, 0.3) is 0 Å². The fraction of sp³-hybridized carbons (Fsp3) is 0.588. The van der Waals surface area contributed by atoms with Gasteiger partial charge in [0.2, 0.25) is 5.91 Å². The maximum atomic E-state index is 12.6. The van der Waals surface area contributed by atoms with E-state index in [-0.39, 0.29) is 18.1 Å². The zero-order valence-corrected chi connectivity index (χ0v) is 13.6. The average molecular weight is 290 g/mol. The SMILES string of the molecule is CCCN1C(=O)C(C(C)C)NC1c1ccc(OC)c(C)c1. The second-order valence-electron chi connectivity index (χ2n) is 6.05. The lowest BCUT2D eigenvalue weighted by Gasteiger charge is -2.24. The molecule has 0 radical (unpaired) electrons. The van der Waals surface area contributed by atoms with E-state index in [0.717, 1.165) is 29.8 Å². The minimum atomic E-state index is -0.0936. The van der Waals surface area contributed by atoms with Crippen molar-refractivity contribution < 1.29 is 9.53 Å². The van der Waals surface area contributed by atoms with E-state index in [9.17, 15) is 4.79 Å². The molecule has 4 nitrogen and oxygen atoms in total. The molecule has 0 saturated carbocycles. The summed E-state index contributed by atoms with van der Waals surface area (Å²) in [6.07, 6.45) is 0.929. The van der Waals surface area contributed by atoms with Gasteiger partial charge in [0.05, 0.1) is 13.2 Å². The van der Waals surface area contributed by atoms with E-state index in [1.165, 1.54) is 0 Å². The number of amides is 1. The van der Waals surface area contributed by atoms with Crippen molar-refractivity contribution in [2.75, 3.05) is 13.7 Å². The number of hydrogen-bond donors (Lipinski definition) is 1. The Morgan fingerprint density at radius 3 is 2.62 bits per heavy atom. The summed E-state index contributed by atoms with van der Waals surface area (Å²) >= 11 is 0. The molecule has 4 heteroatoms. The highest BCUT2D eigenvalue weighted by atomic mass is 16.5. The minimum Gasteiger partial charge on any atom is -0.496 e. The summed E-state index contributed by atoms with van der Waals surface area (Å²) in [6.45, 7) is 9.09. The second kappa shape index (κ2) is 6.48. The van der Waals surface area contributed by atoms with E-state index in [0.29, 0.717) is 5.92 Å². The first-order chi connectivity index (χ1) is 9.99. The lowest BCUT2D eigenvalue weighted by atomic mass is 10.0. The Morgan fingerprint density at radius 2 is 2.10 bits per heavy atom. The van der Waals surface area contributed by atoms with Crippen LogP contribution in [0.3, 0.4) is 0 Å². The number of hydrogen-bond acceptors (Lipinski definition) is 3. The first kappa shape index (κ1) is 15.8. The van der Waals surface area contributed by atoms with Gasteiger partial charge in [0, 0.05) is 6.54 Å². The first-order valence-electron chi connectivity index (χ1n) is 7.70. The average Bonchev–Trinajstić information content (AvgIpc) is 2.77. The number of benzene rings is 1. The summed E-state index contributed by atoms with van der Waals surface area (Å²) in [5.41, 5.74) is 2.21. The van der Waals surface area contributed by atoms with Gasteiger partial charge in [0.15, 0.2) is 0 Å². The Hall–Kier alpha value is -1.55. The van der Waals surface area contributed by atoms with Crippen molar-refractivity contribution in [1.82, 2.24) is 10.2 Å². The van der Waals surface area contributed by atoms with Crippen LogP contribution in [0.5, 0.6) is 5.75 Å². The second-order valence-corrected chi connectivity index (χ2v) is 6.05. The van der Waals surface area contributed by atoms with Crippen molar-refractivity contribution >= 4 is 5.91 Å². The van der Waals surface area contributed by atoms with Gasteiger partial charge in [-0.15, -0.1) is 0 Å². The molecular weight excluding hydrogens is 264 g/mol. The van der Waals surface area contributed by atoms with Crippen molar-refractivity contribution in [3.8, 4) is 5.75 Å². The maximum Gasteiger partial charge on any atom is 0.241 e. The molecule has 2 unspecified atom stereocenters. The zero-order chi connectivity index (χ0) is 15.6. The zero-order valence-electron chi connectivity index (χ0n) is 13.6. The lowest BCUT2D eigenvalue weighted by molar-refractivity contribution is -0.130. The van der Waals surface area contributed by atoms with Crippen molar-refractivity contribution in [1.29, 1.82) is 0 Å². The fourth-order valence-electron chi connectivity index (χ4n) is 2.94. The van der Waals surface area contributed by atoms with Gasteiger partial charge >= 0.3 is 0 Å². The van der Waals surface area contributed by atoms with Crippen molar-refractivity contribution in [2.45, 2.75) is 46.3 Å². The Kier molecular flexibility index (Phi) is 4.88. The number of carbonyl (C=O) groups excluding carboxylic acids is 1. The van der Waals surface area contributed by atoms with E-state index >= 15 is 0 Å². The van der Waals surface area contributed by atoms with Crippen LogP contribution in [0.15, 0.2) is 18.2 Å². The van der Waals surface area contributed by atoms with Gasteiger partial charge in [-0.3, -0.25) is 10.1 Å². The molecule has 21 heavy (non-hydrogen) atoms. The maximum absolute atomic E-state index is 12.6. The monoisotopic (exact) mass is 290 g/mol. The number of nitrogens with zero attached hydrogens (tertiary/aromatic N) is 1. The smallest absolute Gasteiger partial charge is 0.241 e. The Bertz CT molecular complexity index is 514. The highest BCUT2D eigenvalue weighted by molar-refractivity contribution is 5.84. The Morgan fingerprint density at radius 1 is 1.38 bits per heavy atom. The molecule has 1 aliphatic rings. The summed E-state index contributed by atoms with van der Waals surface area (Å²) in [5.74, 6) is 1.39. The number of nitrogens with one attached hydrogen (secondary N) is 1. The summed E-state index contributed by atoms with van der Waals surface area (Å²) in [7, 11) is 1.68. The third-order valence-corrected chi connectivity index (χ3v) is 4.06. The highest BCUT2D eigenvalue weighted by Crippen LogP contribution is 2.30. The van der Waals surface area contributed by atoms with Crippen LogP contribution < -0.4 is 10.1 Å². The summed E-state index contributed by atoms with van der Waals surface area (Å²) < 4.78 is 5.32. The quantitative estimate of drug-likeness (QED) is 0.906. The Labute approximate surface area is 127 Å². The van der Waals surface area contributed by atoms with Crippen LogP contribution in [0.1, 0.15) is 44.5 Å². The van der Waals surface area contributed by atoms with Gasteiger partial charge in [-0.1, -0.05) is 26.8 Å². The van der Waals surface area contributed by atoms with E-state index < -0.39 is 0 Å². The van der Waals surface area contributed by atoms with Crippen molar-refractivity contribution in [3.05, 3.63) is 29.3 Å². The van der Waals surface area contributed by atoms with Crippen LogP contribution in [-0.2, 0) is 4.79 Å². The first-order valence-corrected chi connectivity index (χ1v) is 7.70. The molecule has 116 valence electrons. The van der Waals surface area contributed by atoms with E-state index in [1.807, 2.05) is 24.0 Å². The molecule has 0 bridgehead atoms. The molecule has 1 fully saturated rings. The molecule has 1 aromatic rings. The minimum absolute atomic E-state index is 0.0329. The standard InChI is InChI=1S/C17H26N2O2/c1-6-9-19-16(18-15(11(2)3)17(19)20)13-7-8-14(21-5)12(4)10-13/h7-8,10-11,15-16,18H,6,9H2,1-5H3. The van der Waals surface area contributed by atoms with Crippen LogP contribution in [0.2, 0.25) is 0 Å². The molecule has 1 amide bonds. The molecule has 1 aromatic carbocycles. The number of carbonyl (C=O) groups is 1. The molecule has 2 atom stereocenters. The number of methoxy groups -OCH3 is 1. The number of aryl methyl sites for hydroxylation is 1. The lowest BCUT2D eigenvalue weighted by Crippen LogP contribution is -2.34. The largest absolute Gasteiger partial charge is 0.496 e. The molecule has 0 aromatic heterocycles. The summed E-state index contributed by atoms with van der Waals surface area (Å²) in [6, 6.07) is 6.03. The normalized spacial score (nSPS) is 22.2. The number of rotatable bonds is 5. The molecule has 0 spiro atoms. The van der Waals surface area contributed by atoms with E-state index in [1.54, 1.807) is 7.11 Å². The van der Waals surface area contributed by atoms with Crippen LogP contribution in [0.25, 0.3) is 0 Å². The van der Waals surface area contributed by atoms with Gasteiger partial charge in [0.1, 0.15) is 11.9 Å². The van der Waals surface area contributed by atoms with Crippen molar-refractivity contribution in [3.63, 3.8) is 0 Å². The van der Waals surface area contributed by atoms with E-state index in [2.05, 4.69) is 32.2 Å². The predicted molar refractivity (Wildman–Crippen MR) is 84.2 cm³/mol. The fourth-order valence-corrected chi connectivity index (χ4v) is 2.94. The molecule has 0 aliphatic carbocycles. The van der Waals surface area contributed by atoms with Crippen LogP contribution in [0, 0.1) is 12.8 Å². The van der Waals surface area contributed by atoms with Gasteiger partial charge < -0.3 is 9.64 Å². The summed E-state index contributed by atoms with van der Waals surface area (Å²) in [4.78, 5) is 14.5. The van der Waals surface area contributed by atoms with E-state index in [4.69, 9.17) is 4.74 Å². The van der Waals surface area contributed by atoms with Crippen LogP contribution in [0.4, 0.5) is 0 Å².